The Balaban J connectivity index is 1.51. The van der Waals surface area contributed by atoms with E-state index in [0.29, 0.717) is 22.6 Å². The highest BCUT2D eigenvalue weighted by molar-refractivity contribution is 6.11. The van der Waals surface area contributed by atoms with Gasteiger partial charge in [0.25, 0.3) is 5.91 Å². The summed E-state index contributed by atoms with van der Waals surface area (Å²) in [5.41, 5.74) is 2.64. The smallest absolute Gasteiger partial charge is 0.259 e. The molecule has 1 N–H and O–H groups in total. The molecule has 1 saturated heterocycles. The molecule has 2 aromatic carbocycles. The van der Waals surface area contributed by atoms with Crippen molar-refractivity contribution in [1.29, 1.82) is 0 Å². The number of methoxy groups -OCH3 is 1. The highest BCUT2D eigenvalue weighted by atomic mass is 16.5. The Morgan fingerprint density at radius 3 is 2.70 bits per heavy atom. The van der Waals surface area contributed by atoms with Crippen molar-refractivity contribution in [2.75, 3.05) is 30.4 Å². The van der Waals surface area contributed by atoms with E-state index in [1.165, 1.54) is 6.42 Å². The normalized spacial score (nSPS) is 14.2. The summed E-state index contributed by atoms with van der Waals surface area (Å²) >= 11 is 0. The fourth-order valence-electron chi connectivity index (χ4n) is 4.14. The molecule has 6 heteroatoms. The number of pyridine rings is 1. The molecular weight excluding hydrogens is 378 g/mol. The highest BCUT2D eigenvalue weighted by Gasteiger charge is 2.21. The summed E-state index contributed by atoms with van der Waals surface area (Å²) in [6.45, 7) is 1.84. The number of furan rings is 1. The first-order valence-corrected chi connectivity index (χ1v) is 10.3. The second-order valence-electron chi connectivity index (χ2n) is 7.52. The van der Waals surface area contributed by atoms with Crippen molar-refractivity contribution in [3.05, 3.63) is 60.3 Å². The molecule has 0 bridgehead atoms. The molecule has 0 spiro atoms. The minimum Gasteiger partial charge on any atom is -0.495 e. The average molecular weight is 401 g/mol. The van der Waals surface area contributed by atoms with E-state index in [9.17, 15) is 4.79 Å². The zero-order chi connectivity index (χ0) is 20.5. The quantitative estimate of drug-likeness (QED) is 0.507. The first kappa shape index (κ1) is 18.5. The van der Waals surface area contributed by atoms with Crippen LogP contribution in [0.1, 0.15) is 29.6 Å². The fraction of sp³-hybridized carbons (Fsp3) is 0.250. The van der Waals surface area contributed by atoms with Gasteiger partial charge in [-0.05, 0) is 43.5 Å². The molecule has 0 saturated carbocycles. The topological polar surface area (TPSA) is 67.6 Å². The summed E-state index contributed by atoms with van der Waals surface area (Å²) in [6.07, 6.45) is 5.20. The van der Waals surface area contributed by atoms with E-state index in [-0.39, 0.29) is 5.91 Å². The number of nitrogens with zero attached hydrogens (tertiary/aromatic N) is 2. The number of aromatic nitrogens is 1. The van der Waals surface area contributed by atoms with E-state index in [4.69, 9.17) is 9.15 Å². The van der Waals surface area contributed by atoms with Gasteiger partial charge in [-0.3, -0.25) is 4.79 Å². The number of rotatable bonds is 4. The summed E-state index contributed by atoms with van der Waals surface area (Å²) in [6, 6.07) is 15.2. The fourth-order valence-corrected chi connectivity index (χ4v) is 4.14. The Morgan fingerprint density at radius 1 is 1.03 bits per heavy atom. The number of ether oxygens (including phenoxy) is 1. The molecule has 1 amide bonds. The van der Waals surface area contributed by atoms with Crippen LogP contribution in [0, 0.1) is 0 Å². The third kappa shape index (κ3) is 3.24. The van der Waals surface area contributed by atoms with Crippen LogP contribution < -0.4 is 15.0 Å². The summed E-state index contributed by atoms with van der Waals surface area (Å²) in [4.78, 5) is 19.9. The number of fused-ring (bicyclic) bond motifs is 3. The lowest BCUT2D eigenvalue weighted by Crippen LogP contribution is -2.32. The number of hydrogen-bond acceptors (Lipinski definition) is 5. The van der Waals surface area contributed by atoms with Gasteiger partial charge >= 0.3 is 0 Å². The van der Waals surface area contributed by atoms with E-state index in [2.05, 4.69) is 15.2 Å². The van der Waals surface area contributed by atoms with E-state index < -0.39 is 0 Å². The molecule has 30 heavy (non-hydrogen) atoms. The molecule has 152 valence electrons. The molecule has 1 aliphatic heterocycles. The molecule has 6 nitrogen and oxygen atoms in total. The Morgan fingerprint density at radius 2 is 1.87 bits per heavy atom. The van der Waals surface area contributed by atoms with Gasteiger partial charge in [0.05, 0.1) is 18.4 Å². The van der Waals surface area contributed by atoms with Crippen LogP contribution in [-0.2, 0) is 0 Å². The van der Waals surface area contributed by atoms with Gasteiger partial charge in [0.2, 0.25) is 0 Å². The maximum atomic E-state index is 13.2. The van der Waals surface area contributed by atoms with Crippen molar-refractivity contribution >= 4 is 39.4 Å². The summed E-state index contributed by atoms with van der Waals surface area (Å²) in [7, 11) is 1.60. The van der Waals surface area contributed by atoms with E-state index in [1.807, 2.05) is 42.5 Å². The third-order valence-corrected chi connectivity index (χ3v) is 5.63. The molecule has 0 aliphatic carbocycles. The lowest BCUT2D eigenvalue weighted by atomic mass is 10.1. The maximum Gasteiger partial charge on any atom is 0.259 e. The molecule has 4 aromatic rings. The number of anilines is 2. The molecule has 5 rings (SSSR count). The Bertz CT molecular complexity index is 1230. The number of nitrogens with one attached hydrogen (secondary N) is 1. The van der Waals surface area contributed by atoms with Crippen LogP contribution in [0.5, 0.6) is 5.75 Å². The second-order valence-corrected chi connectivity index (χ2v) is 7.52. The summed E-state index contributed by atoms with van der Waals surface area (Å²) < 4.78 is 11.5. The van der Waals surface area contributed by atoms with Crippen molar-refractivity contribution in [1.82, 2.24) is 4.98 Å². The van der Waals surface area contributed by atoms with Gasteiger partial charge in [0.15, 0.2) is 0 Å². The van der Waals surface area contributed by atoms with Crippen molar-refractivity contribution in [3.63, 3.8) is 0 Å². The Hall–Kier alpha value is -3.54. The number of carbonyl (C=O) groups excluding carboxylic acids is 1. The van der Waals surface area contributed by atoms with Gasteiger partial charge in [-0.1, -0.05) is 18.2 Å². The Labute approximate surface area is 174 Å². The lowest BCUT2D eigenvalue weighted by molar-refractivity contribution is 0.102. The van der Waals surface area contributed by atoms with Crippen LogP contribution in [0.3, 0.4) is 0 Å². The van der Waals surface area contributed by atoms with Gasteiger partial charge in [-0.2, -0.15) is 0 Å². The summed E-state index contributed by atoms with van der Waals surface area (Å²) in [5, 5.41) is 4.97. The molecule has 3 heterocycles. The standard InChI is InChI=1S/C24H23N3O3/c1-29-22-14-18-16-8-3-4-10-20(16)30-21(18)15-19(22)26-24(28)17-9-7-11-25-23(17)27-12-5-2-6-13-27/h3-4,7-11,14-15H,2,5-6,12-13H2,1H3,(H,26,28). The van der Waals surface area contributed by atoms with E-state index >= 15 is 0 Å². The van der Waals surface area contributed by atoms with Crippen LogP contribution in [0.2, 0.25) is 0 Å². The second kappa shape index (κ2) is 7.71. The molecule has 1 fully saturated rings. The van der Waals surface area contributed by atoms with Crippen LogP contribution in [0.15, 0.2) is 59.1 Å². The van der Waals surface area contributed by atoms with Crippen LogP contribution in [0.4, 0.5) is 11.5 Å². The predicted molar refractivity (Wildman–Crippen MR) is 119 cm³/mol. The van der Waals surface area contributed by atoms with Crippen molar-refractivity contribution < 1.29 is 13.9 Å². The Kier molecular flexibility index (Phi) is 4.75. The minimum atomic E-state index is -0.211. The third-order valence-electron chi connectivity index (χ3n) is 5.63. The average Bonchev–Trinajstić information content (AvgIpc) is 3.16. The number of benzene rings is 2. The number of piperidine rings is 1. The number of amides is 1. The van der Waals surface area contributed by atoms with Crippen LogP contribution >= 0.6 is 0 Å². The van der Waals surface area contributed by atoms with E-state index in [0.717, 1.165) is 48.1 Å². The van der Waals surface area contributed by atoms with Crippen molar-refractivity contribution in [2.24, 2.45) is 0 Å². The number of hydrogen-bond donors (Lipinski definition) is 1. The predicted octanol–water partition coefficient (Wildman–Crippen LogP) is 5.23. The molecule has 0 radical (unpaired) electrons. The van der Waals surface area contributed by atoms with Crippen molar-refractivity contribution in [3.8, 4) is 5.75 Å². The molecular formula is C24H23N3O3. The first-order chi connectivity index (χ1) is 14.7. The zero-order valence-corrected chi connectivity index (χ0v) is 16.9. The number of para-hydroxylation sites is 1. The number of carbonyl (C=O) groups is 1. The first-order valence-electron chi connectivity index (χ1n) is 10.3. The summed E-state index contributed by atoms with van der Waals surface area (Å²) in [5.74, 6) is 1.11. The monoisotopic (exact) mass is 401 g/mol. The van der Waals surface area contributed by atoms with Gasteiger partial charge in [-0.15, -0.1) is 0 Å². The molecule has 2 aromatic heterocycles. The molecule has 0 atom stereocenters. The largest absolute Gasteiger partial charge is 0.495 e. The molecule has 1 aliphatic rings. The maximum absolute atomic E-state index is 13.2. The van der Waals surface area contributed by atoms with Crippen molar-refractivity contribution in [2.45, 2.75) is 19.3 Å². The SMILES string of the molecule is COc1cc2c(cc1NC(=O)c1cccnc1N1CCCCC1)oc1ccccc12. The molecule has 0 unspecified atom stereocenters. The van der Waals surface area contributed by atoms with Gasteiger partial charge in [-0.25, -0.2) is 4.98 Å². The zero-order valence-electron chi connectivity index (χ0n) is 16.9. The van der Waals surface area contributed by atoms with Gasteiger partial charge < -0.3 is 19.4 Å². The van der Waals surface area contributed by atoms with Crippen LogP contribution in [0.25, 0.3) is 21.9 Å². The lowest BCUT2D eigenvalue weighted by Gasteiger charge is -2.29. The van der Waals surface area contributed by atoms with Crippen LogP contribution in [-0.4, -0.2) is 31.1 Å². The van der Waals surface area contributed by atoms with Gasteiger partial charge in [0.1, 0.15) is 22.7 Å². The minimum absolute atomic E-state index is 0.211. The van der Waals surface area contributed by atoms with E-state index in [1.54, 1.807) is 19.4 Å². The van der Waals surface area contributed by atoms with Gasteiger partial charge in [0, 0.05) is 36.1 Å². The highest BCUT2D eigenvalue weighted by Crippen LogP contribution is 2.36.